The molecule has 3 aromatic carbocycles. The van der Waals surface area contributed by atoms with E-state index < -0.39 is 0 Å². The fourth-order valence-corrected chi connectivity index (χ4v) is 4.72. The van der Waals surface area contributed by atoms with E-state index in [1.165, 1.54) is 51.8 Å². The molecule has 150 valence electrons. The Balaban J connectivity index is 1.88. The molecule has 0 amide bonds. The normalized spacial score (nSPS) is 17.2. The second-order valence-electron chi connectivity index (χ2n) is 10.4. The van der Waals surface area contributed by atoms with Gasteiger partial charge < -0.3 is 0 Å². The summed E-state index contributed by atoms with van der Waals surface area (Å²) in [5.74, 6) is 0.505. The van der Waals surface area contributed by atoms with Crippen LogP contribution < -0.4 is 0 Å². The van der Waals surface area contributed by atoms with Gasteiger partial charge in [-0.2, -0.15) is 0 Å². The van der Waals surface area contributed by atoms with Gasteiger partial charge in [0.1, 0.15) is 0 Å². The van der Waals surface area contributed by atoms with Crippen LogP contribution in [0.2, 0.25) is 0 Å². The number of hydrogen-bond donors (Lipinski definition) is 0. The van der Waals surface area contributed by atoms with Crippen LogP contribution in [-0.2, 0) is 10.8 Å². The second-order valence-corrected chi connectivity index (χ2v) is 10.4. The van der Waals surface area contributed by atoms with Crippen LogP contribution in [0.5, 0.6) is 0 Å². The largest absolute Gasteiger partial charge is 0.0622 e. The summed E-state index contributed by atoms with van der Waals surface area (Å²) in [4.78, 5) is 0. The van der Waals surface area contributed by atoms with Gasteiger partial charge in [-0.1, -0.05) is 102 Å². The van der Waals surface area contributed by atoms with Gasteiger partial charge in [-0.05, 0) is 74.6 Å². The molecule has 0 aliphatic heterocycles. The highest BCUT2D eigenvalue weighted by Crippen LogP contribution is 2.47. The van der Waals surface area contributed by atoms with E-state index in [4.69, 9.17) is 0 Å². The van der Waals surface area contributed by atoms with Crippen molar-refractivity contribution in [3.05, 3.63) is 83.4 Å². The van der Waals surface area contributed by atoms with Crippen LogP contribution in [0.4, 0.5) is 0 Å². The molecule has 0 saturated heterocycles. The maximum absolute atomic E-state index is 2.48. The molecule has 0 fully saturated rings. The van der Waals surface area contributed by atoms with E-state index in [0.29, 0.717) is 5.92 Å². The van der Waals surface area contributed by atoms with Crippen LogP contribution in [-0.4, -0.2) is 0 Å². The molecule has 0 bridgehead atoms. The van der Waals surface area contributed by atoms with Crippen molar-refractivity contribution in [2.45, 2.75) is 71.1 Å². The van der Waals surface area contributed by atoms with E-state index in [0.717, 1.165) is 0 Å². The van der Waals surface area contributed by atoms with Crippen molar-refractivity contribution in [3.8, 4) is 22.3 Å². The van der Waals surface area contributed by atoms with Gasteiger partial charge in [0.25, 0.3) is 0 Å². The molecule has 0 radical (unpaired) electrons. The van der Waals surface area contributed by atoms with E-state index in [1.807, 2.05) is 0 Å². The van der Waals surface area contributed by atoms with E-state index in [1.54, 1.807) is 0 Å². The third kappa shape index (κ3) is 3.78. The van der Waals surface area contributed by atoms with Crippen molar-refractivity contribution < 1.29 is 0 Å². The molecule has 0 N–H and O–H groups in total. The van der Waals surface area contributed by atoms with Crippen molar-refractivity contribution in [2.24, 2.45) is 0 Å². The Kier molecular flexibility index (Phi) is 4.93. The van der Waals surface area contributed by atoms with Crippen molar-refractivity contribution in [1.29, 1.82) is 0 Å². The lowest BCUT2D eigenvalue weighted by Crippen LogP contribution is -2.33. The van der Waals surface area contributed by atoms with Gasteiger partial charge in [0.2, 0.25) is 0 Å². The summed E-state index contributed by atoms with van der Waals surface area (Å²) in [6.45, 7) is 14.2. The first-order valence-corrected chi connectivity index (χ1v) is 11.0. The lowest BCUT2D eigenvalue weighted by atomic mass is 9.63. The number of rotatable bonds is 3. The quantitative estimate of drug-likeness (QED) is 0.426. The van der Waals surface area contributed by atoms with Gasteiger partial charge in [-0.25, -0.2) is 0 Å². The highest BCUT2D eigenvalue weighted by atomic mass is 14.4. The minimum atomic E-state index is 0.235. The average molecular weight is 383 g/mol. The van der Waals surface area contributed by atoms with Gasteiger partial charge in [0.15, 0.2) is 0 Å². The summed E-state index contributed by atoms with van der Waals surface area (Å²) in [7, 11) is 0. The Hall–Kier alpha value is -2.34. The summed E-state index contributed by atoms with van der Waals surface area (Å²) < 4.78 is 0. The van der Waals surface area contributed by atoms with Crippen LogP contribution in [0.3, 0.4) is 0 Å². The average Bonchev–Trinajstić information content (AvgIpc) is 2.71. The zero-order chi connectivity index (χ0) is 20.8. The summed E-state index contributed by atoms with van der Waals surface area (Å²) in [5.41, 5.74) is 10.2. The highest BCUT2D eigenvalue weighted by molar-refractivity contribution is 5.75. The van der Waals surface area contributed by atoms with E-state index in [-0.39, 0.29) is 10.8 Å². The van der Waals surface area contributed by atoms with Gasteiger partial charge in [0.05, 0.1) is 0 Å². The summed E-state index contributed by atoms with van der Waals surface area (Å²) in [6, 6.07) is 25.1. The summed E-state index contributed by atoms with van der Waals surface area (Å²) in [5, 5.41) is 0. The van der Waals surface area contributed by atoms with Crippen LogP contribution in [0.15, 0.2) is 66.7 Å². The van der Waals surface area contributed by atoms with Crippen LogP contribution in [0.25, 0.3) is 22.3 Å². The van der Waals surface area contributed by atoms with Crippen molar-refractivity contribution in [1.82, 2.24) is 0 Å². The molecule has 0 unspecified atom stereocenters. The molecule has 1 aliphatic carbocycles. The number of benzene rings is 3. The highest BCUT2D eigenvalue weighted by Gasteiger charge is 2.36. The minimum Gasteiger partial charge on any atom is -0.0622 e. The molecule has 0 spiro atoms. The predicted octanol–water partition coefficient (Wildman–Crippen LogP) is 8.49. The smallest absolute Gasteiger partial charge is 0.0100 e. The van der Waals surface area contributed by atoms with Gasteiger partial charge in [-0.15, -0.1) is 0 Å². The molecule has 0 heterocycles. The molecule has 3 aromatic rings. The SMILES string of the molecule is CC(C)c1cc(-c2ccccc2)cc(-c2ccc3c(c2)C(C)(C)CCC3(C)C)c1. The van der Waals surface area contributed by atoms with Gasteiger partial charge in [-0.3, -0.25) is 0 Å². The Morgan fingerprint density at radius 3 is 1.79 bits per heavy atom. The lowest BCUT2D eigenvalue weighted by Gasteiger charge is -2.42. The maximum Gasteiger partial charge on any atom is -0.0100 e. The van der Waals surface area contributed by atoms with Gasteiger partial charge in [0, 0.05) is 0 Å². The molecule has 0 atom stereocenters. The van der Waals surface area contributed by atoms with Crippen molar-refractivity contribution in [2.75, 3.05) is 0 Å². The first kappa shape index (κ1) is 20.0. The molecule has 0 heteroatoms. The van der Waals surface area contributed by atoms with Crippen molar-refractivity contribution >= 4 is 0 Å². The summed E-state index contributed by atoms with van der Waals surface area (Å²) >= 11 is 0. The Bertz CT molecular complexity index is 1020. The Labute approximate surface area is 177 Å². The van der Waals surface area contributed by atoms with Crippen LogP contribution in [0.1, 0.15) is 77.0 Å². The Morgan fingerprint density at radius 2 is 1.17 bits per heavy atom. The van der Waals surface area contributed by atoms with Gasteiger partial charge >= 0.3 is 0 Å². The molecular weight excluding hydrogens is 348 g/mol. The molecule has 0 aromatic heterocycles. The summed E-state index contributed by atoms with van der Waals surface area (Å²) in [6.07, 6.45) is 2.51. The fourth-order valence-electron chi connectivity index (χ4n) is 4.72. The van der Waals surface area contributed by atoms with Crippen LogP contribution in [0, 0.1) is 0 Å². The van der Waals surface area contributed by atoms with E-state index >= 15 is 0 Å². The maximum atomic E-state index is 2.48. The monoisotopic (exact) mass is 382 g/mol. The zero-order valence-electron chi connectivity index (χ0n) is 18.8. The van der Waals surface area contributed by atoms with E-state index in [2.05, 4.69) is 108 Å². The van der Waals surface area contributed by atoms with Crippen molar-refractivity contribution in [3.63, 3.8) is 0 Å². The first-order chi connectivity index (χ1) is 13.7. The minimum absolute atomic E-state index is 0.235. The standard InChI is InChI=1S/C29H34/c1-20(2)23-16-24(21-10-8-7-9-11-21)18-25(17-23)22-12-13-26-27(19-22)29(5,6)15-14-28(26,3)4/h7-13,16-20H,14-15H2,1-6H3. The molecule has 0 saturated carbocycles. The third-order valence-corrected chi connectivity index (χ3v) is 6.92. The molecular formula is C29H34. The lowest BCUT2D eigenvalue weighted by molar-refractivity contribution is 0.332. The second kappa shape index (κ2) is 7.17. The topological polar surface area (TPSA) is 0 Å². The van der Waals surface area contributed by atoms with E-state index in [9.17, 15) is 0 Å². The first-order valence-electron chi connectivity index (χ1n) is 11.0. The third-order valence-electron chi connectivity index (χ3n) is 6.92. The zero-order valence-corrected chi connectivity index (χ0v) is 18.8. The number of fused-ring (bicyclic) bond motifs is 1. The molecule has 1 aliphatic rings. The molecule has 4 rings (SSSR count). The number of hydrogen-bond acceptors (Lipinski definition) is 0. The fraction of sp³-hybridized carbons (Fsp3) is 0.379. The van der Waals surface area contributed by atoms with Crippen LogP contribution >= 0.6 is 0 Å². The molecule has 29 heavy (non-hydrogen) atoms. The molecule has 0 nitrogen and oxygen atoms in total. The Morgan fingerprint density at radius 1 is 0.586 bits per heavy atom. The predicted molar refractivity (Wildman–Crippen MR) is 127 cm³/mol.